The molecule has 1 aliphatic rings. The summed E-state index contributed by atoms with van der Waals surface area (Å²) >= 11 is 3.52. The average Bonchev–Trinajstić information content (AvgIpc) is 3.02. The van der Waals surface area contributed by atoms with Crippen molar-refractivity contribution < 1.29 is 5.11 Å². The van der Waals surface area contributed by atoms with Crippen LogP contribution in [0.2, 0.25) is 0 Å². The third-order valence-electron chi connectivity index (χ3n) is 5.35. The van der Waals surface area contributed by atoms with Crippen LogP contribution < -0.4 is 4.90 Å². The van der Waals surface area contributed by atoms with Gasteiger partial charge in [0.15, 0.2) is 5.88 Å². The number of halogens is 1. The van der Waals surface area contributed by atoms with Crippen molar-refractivity contribution in [3.05, 3.63) is 52.5 Å². The van der Waals surface area contributed by atoms with Gasteiger partial charge in [-0.15, -0.1) is 0 Å². The minimum atomic E-state index is 0.169. The molecule has 4 rings (SSSR count). The van der Waals surface area contributed by atoms with Gasteiger partial charge in [-0.1, -0.05) is 22.9 Å². The number of benzene rings is 2. The van der Waals surface area contributed by atoms with Crippen LogP contribution >= 0.6 is 15.9 Å². The van der Waals surface area contributed by atoms with Gasteiger partial charge in [-0.2, -0.15) is 0 Å². The number of aromatic nitrogens is 1. The lowest BCUT2D eigenvalue weighted by Crippen LogP contribution is -2.44. The maximum Gasteiger partial charge on any atom is 0.198 e. The molecule has 0 aliphatic carbocycles. The zero-order valence-corrected chi connectivity index (χ0v) is 17.8. The molecule has 0 unspecified atom stereocenters. The first-order valence-electron chi connectivity index (χ1n) is 9.67. The highest BCUT2D eigenvalue weighted by molar-refractivity contribution is 9.10. The van der Waals surface area contributed by atoms with Crippen molar-refractivity contribution in [1.82, 2.24) is 9.88 Å². The van der Waals surface area contributed by atoms with E-state index in [0.29, 0.717) is 0 Å². The molecule has 0 atom stereocenters. The number of piperazine rings is 1. The minimum Gasteiger partial charge on any atom is -0.494 e. The third kappa shape index (κ3) is 3.80. The molecule has 1 aliphatic heterocycles. The van der Waals surface area contributed by atoms with Crippen LogP contribution in [0.3, 0.4) is 0 Å². The van der Waals surface area contributed by atoms with E-state index in [1.165, 1.54) is 5.69 Å². The van der Waals surface area contributed by atoms with Gasteiger partial charge in [-0.05, 0) is 55.9 Å². The number of aromatic hydroxyl groups is 1. The monoisotopic (exact) mass is 440 g/mol. The summed E-state index contributed by atoms with van der Waals surface area (Å²) in [6, 6.07) is 14.3. The molecule has 1 saturated heterocycles. The van der Waals surface area contributed by atoms with Crippen molar-refractivity contribution in [3.8, 4) is 5.88 Å². The van der Waals surface area contributed by atoms with Crippen molar-refractivity contribution in [2.75, 3.05) is 38.1 Å². The summed E-state index contributed by atoms with van der Waals surface area (Å²) in [6.07, 6.45) is 0.729. The number of nitrogens with zero attached hydrogens (tertiary/aromatic N) is 3. The van der Waals surface area contributed by atoms with E-state index in [2.05, 4.69) is 69.0 Å². The van der Waals surface area contributed by atoms with Crippen molar-refractivity contribution in [2.24, 2.45) is 4.99 Å². The van der Waals surface area contributed by atoms with Gasteiger partial charge < -0.3 is 19.9 Å². The highest BCUT2D eigenvalue weighted by Gasteiger charge is 2.17. The zero-order chi connectivity index (χ0) is 19.7. The SMILES string of the molecule is CCC(=Nc1ccc(N2CCN(C)CC2)cc1)c1c(O)[nH]c2ccc(Br)cc12. The van der Waals surface area contributed by atoms with Crippen molar-refractivity contribution in [2.45, 2.75) is 13.3 Å². The van der Waals surface area contributed by atoms with Gasteiger partial charge in [-0.25, -0.2) is 0 Å². The Morgan fingerprint density at radius 3 is 2.50 bits per heavy atom. The number of aromatic amines is 1. The maximum absolute atomic E-state index is 10.5. The standard InChI is InChI=1S/C22H25BrN4O/c1-3-19(21-18-14-15(23)4-9-20(18)25-22(21)28)24-16-5-7-17(8-6-16)27-12-10-26(2)11-13-27/h4-9,14,25,28H,3,10-13H2,1-2H3. The molecule has 2 heterocycles. The second kappa shape index (κ2) is 7.97. The third-order valence-corrected chi connectivity index (χ3v) is 5.84. The lowest BCUT2D eigenvalue weighted by atomic mass is 10.1. The van der Waals surface area contributed by atoms with Gasteiger partial charge in [-0.3, -0.25) is 4.99 Å². The Morgan fingerprint density at radius 2 is 1.82 bits per heavy atom. The van der Waals surface area contributed by atoms with Gasteiger partial charge in [0.1, 0.15) is 0 Å². The van der Waals surface area contributed by atoms with Gasteiger partial charge in [0.25, 0.3) is 0 Å². The summed E-state index contributed by atoms with van der Waals surface area (Å²) in [5.74, 6) is 0.169. The van der Waals surface area contributed by atoms with Crippen LogP contribution in [-0.4, -0.2) is 53.9 Å². The number of fused-ring (bicyclic) bond motifs is 1. The highest BCUT2D eigenvalue weighted by atomic mass is 79.9. The summed E-state index contributed by atoms with van der Waals surface area (Å²) in [6.45, 7) is 6.35. The number of anilines is 1. The topological polar surface area (TPSA) is 54.9 Å². The van der Waals surface area contributed by atoms with Crippen LogP contribution in [0, 0.1) is 0 Å². The highest BCUT2D eigenvalue weighted by Crippen LogP contribution is 2.32. The summed E-state index contributed by atoms with van der Waals surface area (Å²) in [5.41, 5.74) is 4.70. The smallest absolute Gasteiger partial charge is 0.198 e. The molecule has 2 N–H and O–H groups in total. The lowest BCUT2D eigenvalue weighted by molar-refractivity contribution is 0.313. The molecule has 0 spiro atoms. The zero-order valence-electron chi connectivity index (χ0n) is 16.2. The summed E-state index contributed by atoms with van der Waals surface area (Å²) in [4.78, 5) is 12.7. The number of likely N-dealkylation sites (N-methyl/N-ethyl adjacent to an activating group) is 1. The van der Waals surface area contributed by atoms with Gasteiger partial charge in [0.05, 0.1) is 17.0 Å². The van der Waals surface area contributed by atoms with Gasteiger partial charge >= 0.3 is 0 Å². The number of hydrogen-bond donors (Lipinski definition) is 2. The first-order valence-corrected chi connectivity index (χ1v) is 10.5. The Morgan fingerprint density at radius 1 is 1.11 bits per heavy atom. The number of rotatable bonds is 4. The van der Waals surface area contributed by atoms with E-state index in [1.807, 2.05) is 18.2 Å². The van der Waals surface area contributed by atoms with Crippen LogP contribution in [0.1, 0.15) is 18.9 Å². The van der Waals surface area contributed by atoms with E-state index >= 15 is 0 Å². The Hall–Kier alpha value is -2.31. The Bertz CT molecular complexity index is 1000. The quantitative estimate of drug-likeness (QED) is 0.566. The molecule has 28 heavy (non-hydrogen) atoms. The van der Waals surface area contributed by atoms with Crippen LogP contribution in [0.5, 0.6) is 5.88 Å². The summed E-state index contributed by atoms with van der Waals surface area (Å²) < 4.78 is 0.979. The van der Waals surface area contributed by atoms with Crippen LogP contribution in [0.4, 0.5) is 11.4 Å². The molecule has 0 saturated carbocycles. The Balaban J connectivity index is 1.64. The molecule has 0 bridgehead atoms. The average molecular weight is 441 g/mol. The van der Waals surface area contributed by atoms with Gasteiger partial charge in [0.2, 0.25) is 0 Å². The number of nitrogens with one attached hydrogen (secondary N) is 1. The molecular weight excluding hydrogens is 416 g/mol. The van der Waals surface area contributed by atoms with E-state index in [1.54, 1.807) is 0 Å². The normalized spacial score (nSPS) is 16.1. The molecule has 0 amide bonds. The molecule has 0 radical (unpaired) electrons. The van der Waals surface area contributed by atoms with E-state index in [0.717, 1.165) is 64.9 Å². The van der Waals surface area contributed by atoms with Crippen LogP contribution in [0.15, 0.2) is 51.9 Å². The van der Waals surface area contributed by atoms with Crippen LogP contribution in [0.25, 0.3) is 10.9 Å². The molecule has 1 aromatic heterocycles. The largest absolute Gasteiger partial charge is 0.494 e. The second-order valence-electron chi connectivity index (χ2n) is 7.26. The van der Waals surface area contributed by atoms with Crippen LogP contribution in [-0.2, 0) is 0 Å². The predicted octanol–water partition coefficient (Wildman–Crippen LogP) is 4.92. The van der Waals surface area contributed by atoms with Crippen molar-refractivity contribution in [1.29, 1.82) is 0 Å². The predicted molar refractivity (Wildman–Crippen MR) is 120 cm³/mol. The molecule has 3 aromatic rings. The molecule has 1 fully saturated rings. The van der Waals surface area contributed by atoms with Gasteiger partial charge in [0, 0.05) is 47.2 Å². The molecular formula is C22H25BrN4O. The first kappa shape index (κ1) is 19.0. The lowest BCUT2D eigenvalue weighted by Gasteiger charge is -2.34. The maximum atomic E-state index is 10.5. The summed E-state index contributed by atoms with van der Waals surface area (Å²) in [5, 5.41) is 11.5. The van der Waals surface area contributed by atoms with E-state index in [9.17, 15) is 5.11 Å². The van der Waals surface area contributed by atoms with E-state index in [4.69, 9.17) is 4.99 Å². The summed E-state index contributed by atoms with van der Waals surface area (Å²) in [7, 11) is 2.17. The van der Waals surface area contributed by atoms with E-state index in [-0.39, 0.29) is 5.88 Å². The Labute approximate surface area is 173 Å². The molecule has 5 nitrogen and oxygen atoms in total. The number of aliphatic imine (C=N–C) groups is 1. The number of hydrogen-bond acceptors (Lipinski definition) is 4. The fraction of sp³-hybridized carbons (Fsp3) is 0.318. The molecule has 6 heteroatoms. The minimum absolute atomic E-state index is 0.169. The van der Waals surface area contributed by atoms with Crippen molar-refractivity contribution in [3.63, 3.8) is 0 Å². The van der Waals surface area contributed by atoms with Crippen molar-refractivity contribution >= 4 is 43.9 Å². The molecule has 146 valence electrons. The number of H-pyrrole nitrogens is 1. The molecule has 2 aromatic carbocycles. The second-order valence-corrected chi connectivity index (χ2v) is 8.17. The Kier molecular flexibility index (Phi) is 5.42. The fourth-order valence-corrected chi connectivity index (χ4v) is 4.07. The fourth-order valence-electron chi connectivity index (χ4n) is 3.71. The first-order chi connectivity index (χ1) is 13.5. The van der Waals surface area contributed by atoms with E-state index < -0.39 is 0 Å².